The van der Waals surface area contributed by atoms with Gasteiger partial charge < -0.3 is 0 Å². The van der Waals surface area contributed by atoms with Crippen LogP contribution in [0.25, 0.3) is 0 Å². The Kier molecular flexibility index (Phi) is 5.37. The van der Waals surface area contributed by atoms with Crippen molar-refractivity contribution in [2.24, 2.45) is 0 Å². The largest absolute Gasteiger partial charge is 0.243 e. The topological polar surface area (TPSA) is 114 Å². The van der Waals surface area contributed by atoms with E-state index in [-0.39, 0.29) is 4.90 Å². The molecule has 0 bridgehead atoms. The van der Waals surface area contributed by atoms with Crippen LogP contribution in [0.5, 0.6) is 0 Å². The highest BCUT2D eigenvalue weighted by Crippen LogP contribution is 2.19. The molecule has 21 heavy (non-hydrogen) atoms. The minimum atomic E-state index is -4.41. The van der Waals surface area contributed by atoms with Crippen LogP contribution in [0.4, 0.5) is 4.39 Å². The van der Waals surface area contributed by atoms with Crippen LogP contribution in [0.1, 0.15) is 0 Å². The van der Waals surface area contributed by atoms with Gasteiger partial charge in [0.25, 0.3) is 0 Å². The summed E-state index contributed by atoms with van der Waals surface area (Å²) in [5.41, 5.74) is 0. The summed E-state index contributed by atoms with van der Waals surface area (Å²) in [5, 5.41) is 0. The number of sulfonamides is 1. The van der Waals surface area contributed by atoms with Crippen LogP contribution >= 0.6 is 10.7 Å². The first-order chi connectivity index (χ1) is 9.33. The van der Waals surface area contributed by atoms with Crippen molar-refractivity contribution in [3.8, 4) is 0 Å². The van der Waals surface area contributed by atoms with E-state index >= 15 is 0 Å². The Labute approximate surface area is 126 Å². The zero-order chi connectivity index (χ0) is 16.5. The van der Waals surface area contributed by atoms with E-state index in [1.165, 1.54) is 0 Å². The van der Waals surface area contributed by atoms with Gasteiger partial charge in [0.2, 0.25) is 19.1 Å². The van der Waals surface area contributed by atoms with E-state index < -0.39 is 51.9 Å². The van der Waals surface area contributed by atoms with Crippen LogP contribution in [0.3, 0.4) is 0 Å². The zero-order valence-corrected chi connectivity index (χ0v) is 13.8. The predicted molar refractivity (Wildman–Crippen MR) is 74.3 cm³/mol. The number of hydrogen-bond donors (Lipinski definition) is 1. The molecule has 0 aromatic heterocycles. The molecule has 0 heterocycles. The first-order valence-corrected chi connectivity index (χ1v) is 11.1. The summed E-state index contributed by atoms with van der Waals surface area (Å²) in [4.78, 5) is -1.27. The maximum Gasteiger partial charge on any atom is 0.243 e. The fourth-order valence-electron chi connectivity index (χ4n) is 1.30. The summed E-state index contributed by atoms with van der Waals surface area (Å²) in [5.74, 6) is -1.86. The molecular formula is C9H11ClFNO6S3. The number of benzene rings is 1. The second-order valence-corrected chi connectivity index (χ2v) is 10.7. The molecule has 0 aliphatic carbocycles. The van der Waals surface area contributed by atoms with E-state index in [0.717, 1.165) is 12.3 Å². The molecule has 0 amide bonds. The smallest absolute Gasteiger partial charge is 0.224 e. The number of nitrogens with one attached hydrogen (secondary N) is 1. The van der Waals surface area contributed by atoms with E-state index in [4.69, 9.17) is 10.7 Å². The molecule has 12 heteroatoms. The highest BCUT2D eigenvalue weighted by molar-refractivity contribution is 8.13. The molecule has 0 spiro atoms. The molecule has 0 unspecified atom stereocenters. The van der Waals surface area contributed by atoms with Gasteiger partial charge in [0.15, 0.2) is 9.84 Å². The van der Waals surface area contributed by atoms with Gasteiger partial charge in [-0.05, 0) is 18.2 Å². The molecule has 7 nitrogen and oxygen atoms in total. The number of halogens is 2. The minimum absolute atomic E-state index is 0.380. The van der Waals surface area contributed by atoms with Gasteiger partial charge in [-0.3, -0.25) is 0 Å². The summed E-state index contributed by atoms with van der Waals surface area (Å²) in [6.45, 7) is -0.573. The molecular weight excluding hydrogens is 369 g/mol. The summed E-state index contributed by atoms with van der Waals surface area (Å²) < 4.78 is 83.1. The van der Waals surface area contributed by atoms with Crippen LogP contribution in [0.15, 0.2) is 28.0 Å². The van der Waals surface area contributed by atoms with Gasteiger partial charge >= 0.3 is 0 Å². The molecule has 0 radical (unpaired) electrons. The van der Waals surface area contributed by atoms with Crippen LogP contribution in [0.2, 0.25) is 0 Å². The fourth-order valence-corrected chi connectivity index (χ4v) is 3.86. The van der Waals surface area contributed by atoms with Crippen molar-refractivity contribution in [2.75, 3.05) is 18.6 Å². The first-order valence-electron chi connectivity index (χ1n) is 5.24. The van der Waals surface area contributed by atoms with Gasteiger partial charge in [-0.25, -0.2) is 34.4 Å². The lowest BCUT2D eigenvalue weighted by molar-refractivity contribution is 0.556. The van der Waals surface area contributed by atoms with Crippen LogP contribution < -0.4 is 4.72 Å². The molecule has 0 saturated heterocycles. The second-order valence-electron chi connectivity index (χ2n) is 4.01. The standard InChI is InChI=1S/C9H11ClFNO6S3/c1-19(13,14)7-2-3-8(11)9(6-7)21(17,18)12-4-5-20(10,15)16/h2-3,6,12H,4-5H2,1H3. The molecule has 120 valence electrons. The molecule has 1 N–H and O–H groups in total. The third kappa shape index (κ3) is 5.51. The maximum absolute atomic E-state index is 13.6. The first kappa shape index (κ1) is 18.3. The normalized spacial score (nSPS) is 13.3. The Morgan fingerprint density at radius 1 is 1.14 bits per heavy atom. The van der Waals surface area contributed by atoms with Crippen molar-refractivity contribution in [3.63, 3.8) is 0 Å². The van der Waals surface area contributed by atoms with Crippen molar-refractivity contribution in [2.45, 2.75) is 9.79 Å². The summed E-state index contributed by atoms with van der Waals surface area (Å²) >= 11 is 0. The summed E-state index contributed by atoms with van der Waals surface area (Å²) in [7, 11) is -7.14. The molecule has 0 saturated carbocycles. The Morgan fingerprint density at radius 3 is 2.19 bits per heavy atom. The van der Waals surface area contributed by atoms with E-state index in [1.807, 2.05) is 4.72 Å². The van der Waals surface area contributed by atoms with Crippen molar-refractivity contribution in [1.82, 2.24) is 4.72 Å². The molecule has 0 fully saturated rings. The van der Waals surface area contributed by atoms with Gasteiger partial charge in [0.1, 0.15) is 10.7 Å². The Morgan fingerprint density at radius 2 is 1.71 bits per heavy atom. The number of sulfone groups is 1. The van der Waals surface area contributed by atoms with Crippen molar-refractivity contribution in [1.29, 1.82) is 0 Å². The van der Waals surface area contributed by atoms with E-state index in [0.29, 0.717) is 12.1 Å². The van der Waals surface area contributed by atoms with Gasteiger partial charge in [0.05, 0.1) is 10.6 Å². The van der Waals surface area contributed by atoms with Gasteiger partial charge in [0, 0.05) is 23.5 Å². The molecule has 1 aromatic carbocycles. The van der Waals surface area contributed by atoms with Gasteiger partial charge in [-0.2, -0.15) is 0 Å². The van der Waals surface area contributed by atoms with Crippen molar-refractivity contribution >= 4 is 39.6 Å². The van der Waals surface area contributed by atoms with Crippen molar-refractivity contribution in [3.05, 3.63) is 24.0 Å². The quantitative estimate of drug-likeness (QED) is 0.552. The Balaban J connectivity index is 3.14. The Hall–Kier alpha value is -0.750. The van der Waals surface area contributed by atoms with E-state index in [1.54, 1.807) is 0 Å². The third-order valence-corrected chi connectivity index (χ3v) is 6.00. The van der Waals surface area contributed by atoms with E-state index in [9.17, 15) is 29.6 Å². The number of hydrogen-bond acceptors (Lipinski definition) is 6. The zero-order valence-electron chi connectivity index (χ0n) is 10.6. The average Bonchev–Trinajstić information content (AvgIpc) is 2.25. The maximum atomic E-state index is 13.6. The minimum Gasteiger partial charge on any atom is -0.224 e. The SMILES string of the molecule is CS(=O)(=O)c1ccc(F)c(S(=O)(=O)NCCS(=O)(=O)Cl)c1. The lowest BCUT2D eigenvalue weighted by Crippen LogP contribution is -2.29. The van der Waals surface area contributed by atoms with Crippen LogP contribution in [0, 0.1) is 5.82 Å². The monoisotopic (exact) mass is 379 g/mol. The molecule has 0 aliphatic heterocycles. The number of rotatable bonds is 6. The molecule has 1 rings (SSSR count). The summed E-state index contributed by atoms with van der Waals surface area (Å²) in [6, 6.07) is 2.28. The van der Waals surface area contributed by atoms with Crippen molar-refractivity contribution < 1.29 is 29.6 Å². The summed E-state index contributed by atoms with van der Waals surface area (Å²) in [6.07, 6.45) is 0.837. The highest BCUT2D eigenvalue weighted by atomic mass is 35.7. The lowest BCUT2D eigenvalue weighted by atomic mass is 10.3. The average molecular weight is 380 g/mol. The predicted octanol–water partition coefficient (Wildman–Crippen LogP) is 0.0761. The molecule has 0 aliphatic rings. The molecule has 1 aromatic rings. The third-order valence-electron chi connectivity index (χ3n) is 2.26. The second kappa shape index (κ2) is 6.16. The lowest BCUT2D eigenvalue weighted by Gasteiger charge is -2.08. The van der Waals surface area contributed by atoms with Gasteiger partial charge in [-0.15, -0.1) is 0 Å². The fraction of sp³-hybridized carbons (Fsp3) is 0.333. The highest BCUT2D eigenvalue weighted by Gasteiger charge is 2.22. The Bertz CT molecular complexity index is 847. The van der Waals surface area contributed by atoms with Gasteiger partial charge in [-0.1, -0.05) is 0 Å². The molecule has 0 atom stereocenters. The van der Waals surface area contributed by atoms with Crippen LogP contribution in [-0.2, 0) is 28.9 Å². The van der Waals surface area contributed by atoms with Crippen LogP contribution in [-0.4, -0.2) is 43.8 Å². The van der Waals surface area contributed by atoms with E-state index in [2.05, 4.69) is 0 Å².